The van der Waals surface area contributed by atoms with Crippen LogP contribution in [0.15, 0.2) is 47.0 Å². The predicted octanol–water partition coefficient (Wildman–Crippen LogP) is 3.90. The van der Waals surface area contributed by atoms with Gasteiger partial charge in [-0.05, 0) is 31.2 Å². The van der Waals surface area contributed by atoms with Crippen LogP contribution >= 0.6 is 0 Å². The van der Waals surface area contributed by atoms with Gasteiger partial charge < -0.3 is 9.26 Å². The average Bonchev–Trinajstić information content (AvgIpc) is 2.95. The van der Waals surface area contributed by atoms with Crippen LogP contribution in [0.5, 0.6) is 5.75 Å². The molecule has 0 unspecified atom stereocenters. The zero-order valence-corrected chi connectivity index (χ0v) is 11.7. The number of nitrogens with zero attached hydrogens (tertiary/aromatic N) is 2. The van der Waals surface area contributed by atoms with Crippen molar-refractivity contribution in [3.8, 4) is 17.2 Å². The van der Waals surface area contributed by atoms with Gasteiger partial charge >= 0.3 is 0 Å². The summed E-state index contributed by atoms with van der Waals surface area (Å²) in [5, 5.41) is 3.78. The number of halogens is 2. The highest BCUT2D eigenvalue weighted by atomic mass is 19.1. The van der Waals surface area contributed by atoms with Crippen molar-refractivity contribution in [2.24, 2.45) is 0 Å². The molecular weight excluding hydrogens is 290 g/mol. The van der Waals surface area contributed by atoms with Crippen LogP contribution < -0.4 is 4.74 Å². The maximum absolute atomic E-state index is 13.4. The van der Waals surface area contributed by atoms with Crippen molar-refractivity contribution in [2.45, 2.75) is 13.5 Å². The number of aromatic nitrogens is 2. The molecule has 0 N–H and O–H groups in total. The minimum Gasteiger partial charge on any atom is -0.482 e. The van der Waals surface area contributed by atoms with Gasteiger partial charge in [-0.15, -0.1) is 0 Å². The molecular formula is C16H12F2N2O2. The summed E-state index contributed by atoms with van der Waals surface area (Å²) >= 11 is 0. The Morgan fingerprint density at radius 3 is 2.77 bits per heavy atom. The lowest BCUT2D eigenvalue weighted by molar-refractivity contribution is 0.273. The quantitative estimate of drug-likeness (QED) is 0.733. The molecule has 1 aromatic heterocycles. The second kappa shape index (κ2) is 5.93. The molecule has 4 nitrogen and oxygen atoms in total. The number of ether oxygens (including phenoxy) is 1. The van der Waals surface area contributed by atoms with Gasteiger partial charge in [0.2, 0.25) is 5.82 Å². The Morgan fingerprint density at radius 2 is 2.00 bits per heavy atom. The minimum absolute atomic E-state index is 0.0664. The van der Waals surface area contributed by atoms with Gasteiger partial charge in [0.15, 0.2) is 18.2 Å². The largest absolute Gasteiger partial charge is 0.482 e. The molecule has 0 aliphatic carbocycles. The Morgan fingerprint density at radius 1 is 1.14 bits per heavy atom. The van der Waals surface area contributed by atoms with Gasteiger partial charge in [0.1, 0.15) is 5.82 Å². The van der Waals surface area contributed by atoms with Crippen LogP contribution in [0.25, 0.3) is 11.5 Å². The second-order valence-corrected chi connectivity index (χ2v) is 4.75. The van der Waals surface area contributed by atoms with E-state index in [1.165, 1.54) is 6.07 Å². The lowest BCUT2D eigenvalue weighted by Crippen LogP contribution is -1.99. The normalized spacial score (nSPS) is 10.7. The van der Waals surface area contributed by atoms with Crippen molar-refractivity contribution in [2.75, 3.05) is 0 Å². The second-order valence-electron chi connectivity index (χ2n) is 4.75. The average molecular weight is 302 g/mol. The summed E-state index contributed by atoms with van der Waals surface area (Å²) in [6.07, 6.45) is 0. The number of hydrogen-bond donors (Lipinski definition) is 0. The van der Waals surface area contributed by atoms with Gasteiger partial charge in [-0.2, -0.15) is 4.98 Å². The molecule has 0 aliphatic heterocycles. The van der Waals surface area contributed by atoms with Crippen LogP contribution in [0.1, 0.15) is 11.4 Å². The van der Waals surface area contributed by atoms with Gasteiger partial charge in [0.05, 0.1) is 0 Å². The number of hydrogen-bond acceptors (Lipinski definition) is 4. The topological polar surface area (TPSA) is 48.2 Å². The third kappa shape index (κ3) is 3.11. The Balaban J connectivity index is 1.72. The van der Waals surface area contributed by atoms with Gasteiger partial charge in [-0.3, -0.25) is 0 Å². The van der Waals surface area contributed by atoms with E-state index in [9.17, 15) is 8.78 Å². The van der Waals surface area contributed by atoms with Crippen molar-refractivity contribution in [3.63, 3.8) is 0 Å². The SMILES string of the molecule is Cc1cccc(-c2nc(COc3ccc(F)cc3F)no2)c1. The van der Waals surface area contributed by atoms with Crippen LogP contribution in [0, 0.1) is 18.6 Å². The molecule has 0 bridgehead atoms. The molecule has 22 heavy (non-hydrogen) atoms. The molecule has 3 aromatic rings. The molecule has 1 heterocycles. The fraction of sp³-hybridized carbons (Fsp3) is 0.125. The van der Waals surface area contributed by atoms with Crippen molar-refractivity contribution >= 4 is 0 Å². The molecule has 3 rings (SSSR count). The highest BCUT2D eigenvalue weighted by molar-refractivity contribution is 5.53. The van der Waals surface area contributed by atoms with E-state index in [0.29, 0.717) is 5.89 Å². The summed E-state index contributed by atoms with van der Waals surface area (Å²) < 4.78 is 36.6. The van der Waals surface area contributed by atoms with Crippen molar-refractivity contribution in [1.82, 2.24) is 10.1 Å². The van der Waals surface area contributed by atoms with Crippen LogP contribution in [0.2, 0.25) is 0 Å². The molecule has 0 amide bonds. The van der Waals surface area contributed by atoms with Gasteiger partial charge in [0, 0.05) is 11.6 Å². The maximum Gasteiger partial charge on any atom is 0.258 e. The van der Waals surface area contributed by atoms with Crippen molar-refractivity contribution in [3.05, 3.63) is 65.5 Å². The fourth-order valence-electron chi connectivity index (χ4n) is 1.94. The molecule has 112 valence electrons. The van der Waals surface area contributed by atoms with E-state index in [4.69, 9.17) is 9.26 Å². The Labute approximate surface area is 125 Å². The van der Waals surface area contributed by atoms with Crippen LogP contribution in [-0.4, -0.2) is 10.1 Å². The first kappa shape index (κ1) is 14.2. The first-order valence-corrected chi connectivity index (χ1v) is 6.59. The van der Waals surface area contributed by atoms with Gasteiger partial charge in [0.25, 0.3) is 5.89 Å². The third-order valence-corrected chi connectivity index (χ3v) is 2.98. The van der Waals surface area contributed by atoms with Crippen molar-refractivity contribution < 1.29 is 18.0 Å². The zero-order valence-electron chi connectivity index (χ0n) is 11.7. The van der Waals surface area contributed by atoms with E-state index >= 15 is 0 Å². The molecule has 0 radical (unpaired) electrons. The molecule has 0 saturated heterocycles. The van der Waals surface area contributed by atoms with Crippen LogP contribution in [0.3, 0.4) is 0 Å². The summed E-state index contributed by atoms with van der Waals surface area (Å²) in [5.41, 5.74) is 1.87. The van der Waals surface area contributed by atoms with Gasteiger partial charge in [-0.25, -0.2) is 8.78 Å². The summed E-state index contributed by atoms with van der Waals surface area (Å²) in [6.45, 7) is 1.89. The van der Waals surface area contributed by atoms with E-state index in [2.05, 4.69) is 10.1 Å². The summed E-state index contributed by atoms with van der Waals surface area (Å²) in [4.78, 5) is 4.18. The van der Waals surface area contributed by atoms with E-state index in [-0.39, 0.29) is 18.2 Å². The van der Waals surface area contributed by atoms with E-state index in [1.54, 1.807) is 0 Å². The minimum atomic E-state index is -0.776. The fourth-order valence-corrected chi connectivity index (χ4v) is 1.94. The third-order valence-electron chi connectivity index (χ3n) is 2.98. The maximum atomic E-state index is 13.4. The predicted molar refractivity (Wildman–Crippen MR) is 75.2 cm³/mol. The lowest BCUT2D eigenvalue weighted by atomic mass is 10.1. The summed E-state index contributed by atoms with van der Waals surface area (Å²) in [6, 6.07) is 10.7. The van der Waals surface area contributed by atoms with Crippen LogP contribution in [0.4, 0.5) is 8.78 Å². The first-order valence-electron chi connectivity index (χ1n) is 6.59. The molecule has 0 spiro atoms. The smallest absolute Gasteiger partial charge is 0.258 e. The van der Waals surface area contributed by atoms with Crippen molar-refractivity contribution in [1.29, 1.82) is 0 Å². The summed E-state index contributed by atoms with van der Waals surface area (Å²) in [5.74, 6) is -0.862. The van der Waals surface area contributed by atoms with Crippen LogP contribution in [-0.2, 0) is 6.61 Å². The monoisotopic (exact) mass is 302 g/mol. The van der Waals surface area contributed by atoms with E-state index in [0.717, 1.165) is 23.3 Å². The van der Waals surface area contributed by atoms with E-state index < -0.39 is 11.6 Å². The Bertz CT molecular complexity index is 802. The Hall–Kier alpha value is -2.76. The zero-order chi connectivity index (χ0) is 15.5. The number of aryl methyl sites for hydroxylation is 1. The molecule has 0 saturated carbocycles. The highest BCUT2D eigenvalue weighted by Gasteiger charge is 2.11. The van der Waals surface area contributed by atoms with Gasteiger partial charge in [-0.1, -0.05) is 22.9 Å². The lowest BCUT2D eigenvalue weighted by Gasteiger charge is -2.03. The standard InChI is InChI=1S/C16H12F2N2O2/c1-10-3-2-4-11(7-10)16-19-15(20-22-16)9-21-14-6-5-12(17)8-13(14)18/h2-8H,9H2,1H3. The molecule has 0 aliphatic rings. The number of rotatable bonds is 4. The molecule has 6 heteroatoms. The first-order chi connectivity index (χ1) is 10.6. The molecule has 0 atom stereocenters. The summed E-state index contributed by atoms with van der Waals surface area (Å²) in [7, 11) is 0. The molecule has 0 fully saturated rings. The Kier molecular flexibility index (Phi) is 3.82. The highest BCUT2D eigenvalue weighted by Crippen LogP contribution is 2.20. The van der Waals surface area contributed by atoms with E-state index in [1.807, 2.05) is 31.2 Å². The molecule has 2 aromatic carbocycles. The number of benzene rings is 2.